The van der Waals surface area contributed by atoms with Crippen molar-refractivity contribution >= 4 is 38.9 Å². The zero-order chi connectivity index (χ0) is 13.1. The highest BCUT2D eigenvalue weighted by Crippen LogP contribution is 2.32. The molecule has 2 rings (SSSR count). The Kier molecular flexibility index (Phi) is 4.75. The predicted molar refractivity (Wildman–Crippen MR) is 77.2 cm³/mol. The van der Waals surface area contributed by atoms with Crippen LogP contribution in [0.15, 0.2) is 34.1 Å². The molecule has 6 heteroatoms. The summed E-state index contributed by atoms with van der Waals surface area (Å²) in [6.07, 6.45) is 0.534. The molecule has 0 aliphatic carbocycles. The van der Waals surface area contributed by atoms with Crippen LogP contribution in [0.2, 0.25) is 5.02 Å². The summed E-state index contributed by atoms with van der Waals surface area (Å²) in [5, 5.41) is 2.51. The molecule has 1 atom stereocenters. The highest BCUT2D eigenvalue weighted by atomic mass is 79.9. The zero-order valence-corrected chi connectivity index (χ0v) is 12.4. The summed E-state index contributed by atoms with van der Waals surface area (Å²) in [4.78, 5) is 1.07. The molecule has 18 heavy (non-hydrogen) atoms. The second-order valence-electron chi connectivity index (χ2n) is 3.79. The largest absolute Gasteiger partial charge is 0.271 e. The van der Waals surface area contributed by atoms with Gasteiger partial charge in [0.1, 0.15) is 5.82 Å². The van der Waals surface area contributed by atoms with Gasteiger partial charge in [0, 0.05) is 14.4 Å². The highest BCUT2D eigenvalue weighted by molar-refractivity contribution is 9.10. The second kappa shape index (κ2) is 6.12. The summed E-state index contributed by atoms with van der Waals surface area (Å²) in [6.45, 7) is 0. The van der Waals surface area contributed by atoms with Crippen molar-refractivity contribution in [2.45, 2.75) is 12.5 Å². The first kappa shape index (κ1) is 14.0. The SMILES string of the molecule is NNC(Cc1cc(F)ccc1Cl)c1sccc1Br. The Morgan fingerprint density at radius 1 is 1.44 bits per heavy atom. The fourth-order valence-electron chi connectivity index (χ4n) is 1.70. The Morgan fingerprint density at radius 2 is 2.22 bits per heavy atom. The Morgan fingerprint density at radius 3 is 2.83 bits per heavy atom. The smallest absolute Gasteiger partial charge is 0.123 e. The Labute approximate surface area is 122 Å². The van der Waals surface area contributed by atoms with Crippen molar-refractivity contribution < 1.29 is 4.39 Å². The quantitative estimate of drug-likeness (QED) is 0.645. The fourth-order valence-corrected chi connectivity index (χ4v) is 3.61. The molecule has 0 radical (unpaired) electrons. The molecule has 1 unspecified atom stereocenters. The maximum atomic E-state index is 13.2. The van der Waals surface area contributed by atoms with E-state index in [1.54, 1.807) is 17.4 Å². The number of hydrogen-bond donors (Lipinski definition) is 2. The first-order valence-electron chi connectivity index (χ1n) is 5.24. The summed E-state index contributed by atoms with van der Waals surface area (Å²) in [5.74, 6) is 5.27. The minimum absolute atomic E-state index is 0.0984. The van der Waals surface area contributed by atoms with E-state index in [0.29, 0.717) is 11.4 Å². The van der Waals surface area contributed by atoms with Gasteiger partial charge in [-0.3, -0.25) is 11.3 Å². The van der Waals surface area contributed by atoms with Gasteiger partial charge in [-0.1, -0.05) is 11.6 Å². The van der Waals surface area contributed by atoms with E-state index in [2.05, 4.69) is 21.4 Å². The lowest BCUT2D eigenvalue weighted by molar-refractivity contribution is 0.555. The fraction of sp³-hybridized carbons (Fsp3) is 0.167. The molecule has 0 aliphatic rings. The number of thiophene rings is 1. The third-order valence-corrected chi connectivity index (χ3v) is 4.95. The van der Waals surface area contributed by atoms with E-state index < -0.39 is 0 Å². The maximum absolute atomic E-state index is 13.2. The van der Waals surface area contributed by atoms with Crippen LogP contribution in [0.3, 0.4) is 0 Å². The third-order valence-electron chi connectivity index (χ3n) is 2.59. The number of benzene rings is 1. The van der Waals surface area contributed by atoms with Gasteiger partial charge >= 0.3 is 0 Å². The standard InChI is InChI=1S/C12H11BrClFN2S/c13-9-3-4-18-12(9)11(17-16)6-7-5-8(15)1-2-10(7)14/h1-5,11,17H,6,16H2. The number of nitrogens with one attached hydrogen (secondary N) is 1. The van der Waals surface area contributed by atoms with E-state index in [1.165, 1.54) is 12.1 Å². The number of halogens is 3. The molecule has 1 heterocycles. The van der Waals surface area contributed by atoms with E-state index in [0.717, 1.165) is 14.9 Å². The van der Waals surface area contributed by atoms with E-state index in [9.17, 15) is 4.39 Å². The lowest BCUT2D eigenvalue weighted by Crippen LogP contribution is -2.29. The van der Waals surface area contributed by atoms with Crippen LogP contribution in [0.5, 0.6) is 0 Å². The lowest BCUT2D eigenvalue weighted by atomic mass is 10.0. The van der Waals surface area contributed by atoms with Crippen LogP contribution in [0.4, 0.5) is 4.39 Å². The molecule has 2 aromatic rings. The van der Waals surface area contributed by atoms with Gasteiger partial charge in [-0.25, -0.2) is 4.39 Å². The van der Waals surface area contributed by atoms with Gasteiger partial charge in [0.15, 0.2) is 0 Å². The summed E-state index contributed by atoms with van der Waals surface area (Å²) < 4.78 is 14.2. The summed E-state index contributed by atoms with van der Waals surface area (Å²) in [7, 11) is 0. The maximum Gasteiger partial charge on any atom is 0.123 e. The lowest BCUT2D eigenvalue weighted by Gasteiger charge is -2.16. The topological polar surface area (TPSA) is 38.0 Å². The number of hydrazine groups is 1. The Bertz CT molecular complexity index is 547. The van der Waals surface area contributed by atoms with E-state index >= 15 is 0 Å². The van der Waals surface area contributed by atoms with Crippen molar-refractivity contribution in [1.82, 2.24) is 5.43 Å². The highest BCUT2D eigenvalue weighted by Gasteiger charge is 2.16. The van der Waals surface area contributed by atoms with Gasteiger partial charge in [0.2, 0.25) is 0 Å². The van der Waals surface area contributed by atoms with Crippen LogP contribution in [0.25, 0.3) is 0 Å². The molecule has 0 bridgehead atoms. The number of rotatable bonds is 4. The molecule has 1 aromatic heterocycles. The molecule has 0 saturated carbocycles. The van der Waals surface area contributed by atoms with Crippen molar-refractivity contribution in [2.24, 2.45) is 5.84 Å². The van der Waals surface area contributed by atoms with Crippen molar-refractivity contribution in [3.8, 4) is 0 Å². The molecule has 2 nitrogen and oxygen atoms in total. The van der Waals surface area contributed by atoms with E-state index in [4.69, 9.17) is 17.4 Å². The molecule has 0 spiro atoms. The van der Waals surface area contributed by atoms with Crippen LogP contribution in [0.1, 0.15) is 16.5 Å². The Hall–Kier alpha value is -0.460. The van der Waals surface area contributed by atoms with Crippen LogP contribution in [-0.4, -0.2) is 0 Å². The number of nitrogens with two attached hydrogens (primary N) is 1. The minimum Gasteiger partial charge on any atom is -0.271 e. The normalized spacial score (nSPS) is 12.7. The van der Waals surface area contributed by atoms with Crippen LogP contribution >= 0.6 is 38.9 Å². The van der Waals surface area contributed by atoms with Crippen LogP contribution in [0, 0.1) is 5.82 Å². The number of hydrogen-bond acceptors (Lipinski definition) is 3. The summed E-state index contributed by atoms with van der Waals surface area (Å²) in [5.41, 5.74) is 3.48. The first-order valence-corrected chi connectivity index (χ1v) is 7.30. The Balaban J connectivity index is 2.26. The van der Waals surface area contributed by atoms with Crippen LogP contribution in [-0.2, 0) is 6.42 Å². The molecule has 0 fully saturated rings. The first-order chi connectivity index (χ1) is 8.61. The van der Waals surface area contributed by atoms with Gasteiger partial charge in [-0.2, -0.15) is 0 Å². The van der Waals surface area contributed by atoms with Gasteiger partial charge in [0.25, 0.3) is 0 Å². The van der Waals surface area contributed by atoms with Crippen LogP contribution < -0.4 is 11.3 Å². The second-order valence-corrected chi connectivity index (χ2v) is 6.00. The van der Waals surface area contributed by atoms with Crippen molar-refractivity contribution in [2.75, 3.05) is 0 Å². The molecule has 0 amide bonds. The molecule has 3 N–H and O–H groups in total. The predicted octanol–water partition coefficient (Wildman–Crippen LogP) is 4.05. The molecule has 96 valence electrons. The average molecular weight is 350 g/mol. The molecule has 0 saturated heterocycles. The summed E-state index contributed by atoms with van der Waals surface area (Å²) in [6, 6.07) is 6.20. The molecular formula is C12H11BrClFN2S. The van der Waals surface area contributed by atoms with Crippen molar-refractivity contribution in [3.63, 3.8) is 0 Å². The van der Waals surface area contributed by atoms with Gasteiger partial charge in [-0.05, 0) is 57.6 Å². The minimum atomic E-state index is -0.296. The third kappa shape index (κ3) is 3.10. The van der Waals surface area contributed by atoms with Gasteiger partial charge < -0.3 is 0 Å². The molecule has 1 aromatic carbocycles. The summed E-state index contributed by atoms with van der Waals surface area (Å²) >= 11 is 11.1. The monoisotopic (exact) mass is 348 g/mol. The molecule has 0 aliphatic heterocycles. The van der Waals surface area contributed by atoms with Crippen molar-refractivity contribution in [3.05, 3.63) is 55.4 Å². The van der Waals surface area contributed by atoms with E-state index in [1.807, 2.05) is 11.4 Å². The zero-order valence-electron chi connectivity index (χ0n) is 9.29. The molecular weight excluding hydrogens is 339 g/mol. The average Bonchev–Trinajstić information content (AvgIpc) is 2.77. The van der Waals surface area contributed by atoms with E-state index in [-0.39, 0.29) is 11.9 Å². The van der Waals surface area contributed by atoms with Gasteiger partial charge in [0.05, 0.1) is 6.04 Å². The van der Waals surface area contributed by atoms with Gasteiger partial charge in [-0.15, -0.1) is 11.3 Å². The van der Waals surface area contributed by atoms with Crippen molar-refractivity contribution in [1.29, 1.82) is 0 Å².